The molecule has 0 fully saturated rings. The summed E-state index contributed by atoms with van der Waals surface area (Å²) in [6, 6.07) is 0. The Labute approximate surface area is 87.4 Å². The fraction of sp³-hybridized carbons (Fsp3) is 0.400. The molecule has 0 aromatic carbocycles. The predicted molar refractivity (Wildman–Crippen MR) is 61.1 cm³/mol. The van der Waals surface area contributed by atoms with E-state index in [1.54, 1.807) is 17.7 Å². The van der Waals surface area contributed by atoms with E-state index in [2.05, 4.69) is 41.1 Å². The van der Waals surface area contributed by atoms with Gasteiger partial charge in [-0.15, -0.1) is 11.3 Å². The standard InChI is InChI=1S/C10H13N3S/c1-4-13(3)9-8-7(2)5-14-10(8)12-6-11-9/h5-6H,4H2,1-3H3. The highest BCUT2D eigenvalue weighted by atomic mass is 32.1. The molecule has 0 spiro atoms. The van der Waals surface area contributed by atoms with E-state index in [4.69, 9.17) is 0 Å². The summed E-state index contributed by atoms with van der Waals surface area (Å²) in [5.41, 5.74) is 1.26. The van der Waals surface area contributed by atoms with Gasteiger partial charge in [0, 0.05) is 13.6 Å². The fourth-order valence-electron chi connectivity index (χ4n) is 1.44. The smallest absolute Gasteiger partial charge is 0.140 e. The fourth-order valence-corrected chi connectivity index (χ4v) is 2.32. The van der Waals surface area contributed by atoms with Crippen molar-refractivity contribution in [1.82, 2.24) is 9.97 Å². The molecule has 14 heavy (non-hydrogen) atoms. The molecule has 3 nitrogen and oxygen atoms in total. The first-order chi connectivity index (χ1) is 6.74. The molecule has 0 aliphatic carbocycles. The molecule has 2 aromatic heterocycles. The molecule has 2 heterocycles. The molecule has 0 atom stereocenters. The molecule has 2 rings (SSSR count). The van der Waals surface area contributed by atoms with Crippen molar-refractivity contribution in [3.8, 4) is 0 Å². The van der Waals surface area contributed by atoms with Crippen molar-refractivity contribution in [3.05, 3.63) is 17.3 Å². The van der Waals surface area contributed by atoms with E-state index in [0.717, 1.165) is 17.2 Å². The molecule has 74 valence electrons. The number of aryl methyl sites for hydroxylation is 1. The molecular weight excluding hydrogens is 194 g/mol. The first-order valence-corrected chi connectivity index (χ1v) is 5.52. The number of nitrogens with zero attached hydrogens (tertiary/aromatic N) is 3. The summed E-state index contributed by atoms with van der Waals surface area (Å²) in [7, 11) is 2.05. The highest BCUT2D eigenvalue weighted by molar-refractivity contribution is 7.17. The van der Waals surface area contributed by atoms with Crippen LogP contribution in [0.15, 0.2) is 11.7 Å². The average Bonchev–Trinajstić information content (AvgIpc) is 2.59. The summed E-state index contributed by atoms with van der Waals surface area (Å²) in [6.45, 7) is 5.19. The highest BCUT2D eigenvalue weighted by Crippen LogP contribution is 2.29. The van der Waals surface area contributed by atoms with Gasteiger partial charge in [-0.2, -0.15) is 0 Å². The second kappa shape index (κ2) is 3.53. The molecule has 0 saturated heterocycles. The Hall–Kier alpha value is -1.16. The topological polar surface area (TPSA) is 29.0 Å². The third kappa shape index (κ3) is 1.35. The summed E-state index contributed by atoms with van der Waals surface area (Å²) in [5.74, 6) is 1.04. The molecule has 0 unspecified atom stereocenters. The Morgan fingerprint density at radius 3 is 2.93 bits per heavy atom. The Bertz CT molecular complexity index is 450. The maximum Gasteiger partial charge on any atom is 0.140 e. The van der Waals surface area contributed by atoms with Gasteiger partial charge in [0.25, 0.3) is 0 Å². The Morgan fingerprint density at radius 2 is 2.21 bits per heavy atom. The van der Waals surface area contributed by atoms with Crippen LogP contribution in [0.5, 0.6) is 0 Å². The minimum atomic E-state index is 0.960. The molecule has 0 amide bonds. The summed E-state index contributed by atoms with van der Waals surface area (Å²) in [4.78, 5) is 11.8. The van der Waals surface area contributed by atoms with Crippen molar-refractivity contribution in [2.45, 2.75) is 13.8 Å². The van der Waals surface area contributed by atoms with Gasteiger partial charge in [0.05, 0.1) is 5.39 Å². The van der Waals surface area contributed by atoms with Crippen LogP contribution in [-0.4, -0.2) is 23.6 Å². The summed E-state index contributed by atoms with van der Waals surface area (Å²) in [5, 5.41) is 3.33. The van der Waals surface area contributed by atoms with Gasteiger partial charge in [0.15, 0.2) is 0 Å². The number of aromatic nitrogens is 2. The Balaban J connectivity index is 2.69. The lowest BCUT2D eigenvalue weighted by atomic mass is 10.2. The maximum atomic E-state index is 4.33. The van der Waals surface area contributed by atoms with E-state index in [9.17, 15) is 0 Å². The third-order valence-corrected chi connectivity index (χ3v) is 3.37. The molecule has 0 aliphatic heterocycles. The van der Waals surface area contributed by atoms with E-state index in [1.807, 2.05) is 0 Å². The lowest BCUT2D eigenvalue weighted by molar-refractivity contribution is 0.940. The zero-order valence-electron chi connectivity index (χ0n) is 8.61. The van der Waals surface area contributed by atoms with E-state index >= 15 is 0 Å². The van der Waals surface area contributed by atoms with Crippen molar-refractivity contribution < 1.29 is 0 Å². The van der Waals surface area contributed by atoms with Crippen molar-refractivity contribution >= 4 is 27.4 Å². The van der Waals surface area contributed by atoms with Crippen LogP contribution in [0.2, 0.25) is 0 Å². The average molecular weight is 207 g/mol. The highest BCUT2D eigenvalue weighted by Gasteiger charge is 2.10. The van der Waals surface area contributed by atoms with Crippen LogP contribution in [0.25, 0.3) is 10.2 Å². The molecule has 0 aliphatic rings. The molecule has 4 heteroatoms. The number of hydrogen-bond acceptors (Lipinski definition) is 4. The molecule has 2 aromatic rings. The van der Waals surface area contributed by atoms with Crippen molar-refractivity contribution in [1.29, 1.82) is 0 Å². The van der Waals surface area contributed by atoms with Crippen LogP contribution in [0.3, 0.4) is 0 Å². The number of anilines is 1. The zero-order chi connectivity index (χ0) is 10.1. The first-order valence-electron chi connectivity index (χ1n) is 4.64. The van der Waals surface area contributed by atoms with Crippen LogP contribution in [0, 0.1) is 6.92 Å². The monoisotopic (exact) mass is 207 g/mol. The summed E-state index contributed by atoms with van der Waals surface area (Å²) >= 11 is 1.68. The van der Waals surface area contributed by atoms with Crippen LogP contribution >= 0.6 is 11.3 Å². The first kappa shape index (κ1) is 9.40. The largest absolute Gasteiger partial charge is 0.359 e. The lowest BCUT2D eigenvalue weighted by Gasteiger charge is -2.16. The number of hydrogen-bond donors (Lipinski definition) is 0. The van der Waals surface area contributed by atoms with Crippen molar-refractivity contribution in [2.24, 2.45) is 0 Å². The maximum absolute atomic E-state index is 4.33. The second-order valence-corrected chi connectivity index (χ2v) is 4.17. The van der Waals surface area contributed by atoms with Gasteiger partial charge in [-0.3, -0.25) is 0 Å². The predicted octanol–water partition coefficient (Wildman–Crippen LogP) is 2.46. The van der Waals surface area contributed by atoms with Crippen molar-refractivity contribution in [2.75, 3.05) is 18.5 Å². The van der Waals surface area contributed by atoms with E-state index in [1.165, 1.54) is 10.9 Å². The van der Waals surface area contributed by atoms with Gasteiger partial charge < -0.3 is 4.90 Å². The van der Waals surface area contributed by atoms with E-state index in [-0.39, 0.29) is 0 Å². The molecule has 0 N–H and O–H groups in total. The van der Waals surface area contributed by atoms with Gasteiger partial charge in [0.2, 0.25) is 0 Å². The normalized spacial score (nSPS) is 10.8. The summed E-state index contributed by atoms with van der Waals surface area (Å²) < 4.78 is 0. The number of rotatable bonds is 2. The number of fused-ring (bicyclic) bond motifs is 1. The van der Waals surface area contributed by atoms with Crippen LogP contribution in [0.4, 0.5) is 5.82 Å². The van der Waals surface area contributed by atoms with Crippen molar-refractivity contribution in [3.63, 3.8) is 0 Å². The minimum absolute atomic E-state index is 0.960. The van der Waals surface area contributed by atoms with Gasteiger partial charge >= 0.3 is 0 Å². The second-order valence-electron chi connectivity index (χ2n) is 3.31. The zero-order valence-corrected chi connectivity index (χ0v) is 9.43. The molecular formula is C10H13N3S. The van der Waals surface area contributed by atoms with Gasteiger partial charge in [-0.1, -0.05) is 0 Å². The van der Waals surface area contributed by atoms with Crippen LogP contribution < -0.4 is 4.90 Å². The molecule has 0 saturated carbocycles. The minimum Gasteiger partial charge on any atom is -0.359 e. The van der Waals surface area contributed by atoms with E-state index in [0.29, 0.717) is 0 Å². The quantitative estimate of drug-likeness (QED) is 0.757. The van der Waals surface area contributed by atoms with E-state index < -0.39 is 0 Å². The summed E-state index contributed by atoms with van der Waals surface area (Å²) in [6.07, 6.45) is 1.64. The Morgan fingerprint density at radius 1 is 1.43 bits per heavy atom. The SMILES string of the molecule is CCN(C)c1ncnc2scc(C)c12. The Kier molecular flexibility index (Phi) is 2.37. The van der Waals surface area contributed by atoms with Crippen LogP contribution in [0.1, 0.15) is 12.5 Å². The van der Waals surface area contributed by atoms with Gasteiger partial charge in [-0.05, 0) is 24.8 Å². The van der Waals surface area contributed by atoms with Gasteiger partial charge in [0.1, 0.15) is 17.0 Å². The number of thiophene rings is 1. The molecule has 0 radical (unpaired) electrons. The molecule has 0 bridgehead atoms. The lowest BCUT2D eigenvalue weighted by Crippen LogP contribution is -2.17. The van der Waals surface area contributed by atoms with Crippen LogP contribution in [-0.2, 0) is 0 Å². The van der Waals surface area contributed by atoms with Gasteiger partial charge in [-0.25, -0.2) is 9.97 Å². The third-order valence-electron chi connectivity index (χ3n) is 2.37.